The molecule has 1 aromatic rings. The van der Waals surface area contributed by atoms with Crippen LogP contribution in [-0.2, 0) is 4.79 Å². The monoisotopic (exact) mass is 248 g/mol. The molecule has 0 aliphatic heterocycles. The van der Waals surface area contributed by atoms with Crippen LogP contribution in [0.2, 0.25) is 0 Å². The van der Waals surface area contributed by atoms with E-state index in [0.29, 0.717) is 24.2 Å². The molecule has 0 aromatic carbocycles. The lowest BCUT2D eigenvalue weighted by atomic mass is 10.1. The van der Waals surface area contributed by atoms with E-state index in [9.17, 15) is 9.59 Å². The van der Waals surface area contributed by atoms with Gasteiger partial charge in [0.05, 0.1) is 5.56 Å². The fourth-order valence-electron chi connectivity index (χ4n) is 1.53. The van der Waals surface area contributed by atoms with E-state index in [4.69, 9.17) is 5.11 Å². The molecule has 0 atom stereocenters. The summed E-state index contributed by atoms with van der Waals surface area (Å²) in [5.74, 6) is -1.13. The Morgan fingerprint density at radius 1 is 1.33 bits per heavy atom. The highest BCUT2D eigenvalue weighted by Crippen LogP contribution is 2.08. The Hall–Kier alpha value is -2.17. The molecule has 0 spiro atoms. The Balaban J connectivity index is 2.94. The number of amides is 1. The Labute approximate surface area is 106 Å². The van der Waals surface area contributed by atoms with E-state index >= 15 is 0 Å². The summed E-state index contributed by atoms with van der Waals surface area (Å²) in [5, 5.41) is 8.54. The van der Waals surface area contributed by atoms with E-state index in [1.54, 1.807) is 11.0 Å². The van der Waals surface area contributed by atoms with Crippen LogP contribution in [0, 0.1) is 0 Å². The fraction of sp³-hybridized carbons (Fsp3) is 0.308. The molecule has 0 saturated heterocycles. The quantitative estimate of drug-likeness (QED) is 0.804. The number of hydrogen-bond acceptors (Lipinski definition) is 3. The van der Waals surface area contributed by atoms with Gasteiger partial charge in [-0.2, -0.15) is 0 Å². The van der Waals surface area contributed by atoms with Crippen LogP contribution in [0.15, 0.2) is 24.5 Å². The number of carboxylic acids is 1. The van der Waals surface area contributed by atoms with E-state index in [-0.39, 0.29) is 5.91 Å². The van der Waals surface area contributed by atoms with Crippen molar-refractivity contribution in [2.24, 2.45) is 0 Å². The van der Waals surface area contributed by atoms with E-state index < -0.39 is 5.97 Å². The molecule has 0 radical (unpaired) electrons. The molecule has 0 fully saturated rings. The van der Waals surface area contributed by atoms with Gasteiger partial charge in [0, 0.05) is 31.6 Å². The topological polar surface area (TPSA) is 70.5 Å². The third-order valence-electron chi connectivity index (χ3n) is 2.48. The zero-order valence-corrected chi connectivity index (χ0v) is 10.5. The van der Waals surface area contributed by atoms with Crippen molar-refractivity contribution in [2.45, 2.75) is 13.8 Å². The molecular formula is C13H16N2O3. The van der Waals surface area contributed by atoms with Gasteiger partial charge in [0.1, 0.15) is 0 Å². The lowest BCUT2D eigenvalue weighted by molar-refractivity contribution is -0.131. The highest BCUT2D eigenvalue weighted by molar-refractivity contribution is 5.94. The molecule has 1 aromatic heterocycles. The largest absolute Gasteiger partial charge is 0.478 e. The summed E-state index contributed by atoms with van der Waals surface area (Å²) >= 11 is 0. The molecule has 0 aliphatic carbocycles. The van der Waals surface area contributed by atoms with Gasteiger partial charge in [-0.05, 0) is 31.6 Å². The number of carbonyl (C=O) groups excluding carboxylic acids is 1. The van der Waals surface area contributed by atoms with Gasteiger partial charge in [-0.15, -0.1) is 0 Å². The van der Waals surface area contributed by atoms with Crippen molar-refractivity contribution < 1.29 is 14.7 Å². The smallest absolute Gasteiger partial charge is 0.328 e. The van der Waals surface area contributed by atoms with Gasteiger partial charge in [-0.1, -0.05) is 0 Å². The molecule has 0 unspecified atom stereocenters. The van der Waals surface area contributed by atoms with Gasteiger partial charge < -0.3 is 10.0 Å². The average molecular weight is 248 g/mol. The molecule has 0 aliphatic rings. The lowest BCUT2D eigenvalue weighted by Crippen LogP contribution is -2.30. The minimum Gasteiger partial charge on any atom is -0.478 e. The summed E-state index contributed by atoms with van der Waals surface area (Å²) in [4.78, 5) is 28.1. The van der Waals surface area contributed by atoms with E-state index in [0.717, 1.165) is 6.08 Å². The van der Waals surface area contributed by atoms with Crippen molar-refractivity contribution in [3.8, 4) is 0 Å². The third-order valence-corrected chi connectivity index (χ3v) is 2.48. The summed E-state index contributed by atoms with van der Waals surface area (Å²) in [5.41, 5.74) is 1.06. The minimum atomic E-state index is -1.03. The first-order chi connectivity index (χ1) is 8.58. The van der Waals surface area contributed by atoms with Crippen LogP contribution >= 0.6 is 0 Å². The molecule has 5 heteroatoms. The van der Waals surface area contributed by atoms with Crippen molar-refractivity contribution in [1.29, 1.82) is 0 Å². The Morgan fingerprint density at radius 2 is 2.00 bits per heavy atom. The maximum Gasteiger partial charge on any atom is 0.328 e. The first-order valence-corrected chi connectivity index (χ1v) is 5.73. The second kappa shape index (κ2) is 6.54. The fourth-order valence-corrected chi connectivity index (χ4v) is 1.53. The molecular weight excluding hydrogens is 232 g/mol. The lowest BCUT2D eigenvalue weighted by Gasteiger charge is -2.18. The van der Waals surface area contributed by atoms with Gasteiger partial charge in [-0.25, -0.2) is 4.79 Å². The molecule has 1 amide bonds. The van der Waals surface area contributed by atoms with Gasteiger partial charge in [0.15, 0.2) is 0 Å². The van der Waals surface area contributed by atoms with Crippen LogP contribution in [-0.4, -0.2) is 40.0 Å². The van der Waals surface area contributed by atoms with Crippen molar-refractivity contribution in [1.82, 2.24) is 9.88 Å². The second-order valence-corrected chi connectivity index (χ2v) is 3.66. The van der Waals surface area contributed by atoms with Crippen LogP contribution in [0.25, 0.3) is 6.08 Å². The summed E-state index contributed by atoms with van der Waals surface area (Å²) in [6, 6.07) is 1.63. The second-order valence-electron chi connectivity index (χ2n) is 3.66. The first kappa shape index (κ1) is 13.9. The van der Waals surface area contributed by atoms with Crippen molar-refractivity contribution in [2.75, 3.05) is 13.1 Å². The maximum absolute atomic E-state index is 12.0. The molecule has 96 valence electrons. The van der Waals surface area contributed by atoms with Crippen LogP contribution in [0.1, 0.15) is 29.8 Å². The molecule has 1 rings (SSSR count). The molecule has 1 heterocycles. The Bertz CT molecular complexity index is 465. The number of rotatable bonds is 5. The van der Waals surface area contributed by atoms with E-state index in [1.807, 2.05) is 13.8 Å². The molecule has 0 saturated carbocycles. The standard InChI is InChI=1S/C13H16N2O3/c1-3-15(4-2)13(18)11-7-10(8-14-9-11)5-6-12(16)17/h5-9H,3-4H2,1-2H3,(H,16,17)/b6-5+. The summed E-state index contributed by atoms with van der Waals surface area (Å²) < 4.78 is 0. The summed E-state index contributed by atoms with van der Waals surface area (Å²) in [6.45, 7) is 5.07. The minimum absolute atomic E-state index is 0.0990. The normalized spacial score (nSPS) is 10.6. The molecule has 0 bridgehead atoms. The zero-order valence-electron chi connectivity index (χ0n) is 10.5. The van der Waals surface area contributed by atoms with Crippen LogP contribution in [0.3, 0.4) is 0 Å². The first-order valence-electron chi connectivity index (χ1n) is 5.73. The average Bonchev–Trinajstić information content (AvgIpc) is 2.38. The predicted octanol–water partition coefficient (Wildman–Crippen LogP) is 1.66. The number of carboxylic acid groups (broad SMARTS) is 1. The Morgan fingerprint density at radius 3 is 2.56 bits per heavy atom. The number of carbonyl (C=O) groups is 2. The molecule has 5 nitrogen and oxygen atoms in total. The third kappa shape index (κ3) is 3.69. The number of aromatic nitrogens is 1. The van der Waals surface area contributed by atoms with Crippen molar-refractivity contribution >= 4 is 18.0 Å². The highest BCUT2D eigenvalue weighted by Gasteiger charge is 2.12. The Kier molecular flexibility index (Phi) is 5.05. The number of aliphatic carboxylic acids is 1. The van der Waals surface area contributed by atoms with Gasteiger partial charge in [-0.3, -0.25) is 9.78 Å². The van der Waals surface area contributed by atoms with E-state index in [2.05, 4.69) is 4.98 Å². The van der Waals surface area contributed by atoms with Crippen LogP contribution in [0.4, 0.5) is 0 Å². The number of hydrogen-bond donors (Lipinski definition) is 1. The zero-order chi connectivity index (χ0) is 13.5. The SMILES string of the molecule is CCN(CC)C(=O)c1cncc(/C=C/C(=O)O)c1. The maximum atomic E-state index is 12.0. The van der Waals surface area contributed by atoms with Crippen molar-refractivity contribution in [3.05, 3.63) is 35.7 Å². The van der Waals surface area contributed by atoms with Crippen molar-refractivity contribution in [3.63, 3.8) is 0 Å². The number of pyridine rings is 1. The van der Waals surface area contributed by atoms with E-state index in [1.165, 1.54) is 18.5 Å². The van der Waals surface area contributed by atoms with Gasteiger partial charge >= 0.3 is 5.97 Å². The van der Waals surface area contributed by atoms with Crippen LogP contribution in [0.5, 0.6) is 0 Å². The van der Waals surface area contributed by atoms with Crippen LogP contribution < -0.4 is 0 Å². The highest BCUT2D eigenvalue weighted by atomic mass is 16.4. The predicted molar refractivity (Wildman–Crippen MR) is 68.2 cm³/mol. The summed E-state index contributed by atoms with van der Waals surface area (Å²) in [7, 11) is 0. The molecule has 18 heavy (non-hydrogen) atoms. The van der Waals surface area contributed by atoms with Gasteiger partial charge in [0.25, 0.3) is 5.91 Å². The number of nitrogens with zero attached hydrogens (tertiary/aromatic N) is 2. The van der Waals surface area contributed by atoms with Gasteiger partial charge in [0.2, 0.25) is 0 Å². The molecule has 1 N–H and O–H groups in total. The summed E-state index contributed by atoms with van der Waals surface area (Å²) in [6.07, 6.45) is 5.42.